The molecule has 4 heteroatoms. The van der Waals surface area contributed by atoms with Crippen molar-refractivity contribution in [2.45, 2.75) is 4.90 Å². The van der Waals surface area contributed by atoms with Crippen LogP contribution in [0.15, 0.2) is 59.5 Å². The fraction of sp³-hybridized carbons (Fsp3) is 0. The molecule has 2 aromatic rings. The lowest BCUT2D eigenvalue weighted by atomic mass is 10.2. The van der Waals surface area contributed by atoms with Crippen LogP contribution in [-0.4, -0.2) is 8.42 Å². The topological polar surface area (TPSA) is 34.1 Å². The third-order valence-corrected chi connectivity index (χ3v) is 3.10. The Morgan fingerprint density at radius 2 is 1.28 bits per heavy atom. The first-order chi connectivity index (χ1) is 8.55. The van der Waals surface area contributed by atoms with Gasteiger partial charge in [0, 0.05) is 11.1 Å². The Morgan fingerprint density at radius 3 is 1.78 bits per heavy atom. The lowest BCUT2D eigenvalue weighted by molar-refractivity contribution is 0.552. The second kappa shape index (κ2) is 5.03. The Hall–Kier alpha value is -2.12. The molecule has 0 N–H and O–H groups in total. The summed E-state index contributed by atoms with van der Waals surface area (Å²) in [6, 6.07) is 14.7. The van der Waals surface area contributed by atoms with E-state index in [0.717, 1.165) is 5.56 Å². The molecule has 0 aliphatic carbocycles. The Bertz CT molecular complexity index is 693. The van der Waals surface area contributed by atoms with Crippen LogP contribution >= 0.6 is 0 Å². The zero-order valence-electron chi connectivity index (χ0n) is 9.30. The van der Waals surface area contributed by atoms with Crippen LogP contribution in [0.25, 0.3) is 0 Å². The summed E-state index contributed by atoms with van der Waals surface area (Å²) in [6.07, 6.45) is 0. The van der Waals surface area contributed by atoms with Gasteiger partial charge in [-0.15, -0.1) is 3.89 Å². The van der Waals surface area contributed by atoms with Crippen LogP contribution in [0, 0.1) is 11.8 Å². The molecule has 0 bridgehead atoms. The minimum atomic E-state index is -4.63. The van der Waals surface area contributed by atoms with Crippen LogP contribution in [0.3, 0.4) is 0 Å². The van der Waals surface area contributed by atoms with E-state index < -0.39 is 10.2 Å². The number of halogens is 1. The molecule has 0 unspecified atom stereocenters. The van der Waals surface area contributed by atoms with Crippen LogP contribution in [0.2, 0.25) is 0 Å². The van der Waals surface area contributed by atoms with Crippen molar-refractivity contribution in [3.8, 4) is 11.8 Å². The third kappa shape index (κ3) is 3.19. The minimum absolute atomic E-state index is 0.354. The fourth-order valence-electron chi connectivity index (χ4n) is 1.37. The summed E-state index contributed by atoms with van der Waals surface area (Å²) in [4.78, 5) is -0.354. The predicted octanol–water partition coefficient (Wildman–Crippen LogP) is 2.74. The zero-order valence-corrected chi connectivity index (χ0v) is 10.1. The molecule has 0 saturated heterocycles. The van der Waals surface area contributed by atoms with E-state index in [0.29, 0.717) is 5.56 Å². The number of rotatable bonds is 1. The van der Waals surface area contributed by atoms with Crippen molar-refractivity contribution in [2.75, 3.05) is 0 Å². The normalized spacial score (nSPS) is 10.5. The molecule has 2 rings (SSSR count). The average Bonchev–Trinajstić information content (AvgIpc) is 2.37. The Morgan fingerprint density at radius 1 is 0.778 bits per heavy atom. The molecule has 18 heavy (non-hydrogen) atoms. The fourth-order valence-corrected chi connectivity index (χ4v) is 1.83. The molecule has 0 aromatic heterocycles. The van der Waals surface area contributed by atoms with Gasteiger partial charge in [-0.1, -0.05) is 30.0 Å². The van der Waals surface area contributed by atoms with Gasteiger partial charge in [-0.2, -0.15) is 8.42 Å². The summed E-state index contributed by atoms with van der Waals surface area (Å²) >= 11 is 0. The van der Waals surface area contributed by atoms with Crippen LogP contribution < -0.4 is 0 Å². The zero-order chi connectivity index (χ0) is 13.0. The molecule has 0 fully saturated rings. The van der Waals surface area contributed by atoms with E-state index >= 15 is 0 Å². The molecule has 0 spiro atoms. The van der Waals surface area contributed by atoms with Gasteiger partial charge in [-0.05, 0) is 36.4 Å². The molecule has 0 aliphatic heterocycles. The van der Waals surface area contributed by atoms with Gasteiger partial charge >= 0.3 is 10.2 Å². The van der Waals surface area contributed by atoms with E-state index in [1.54, 1.807) is 0 Å². The van der Waals surface area contributed by atoms with Crippen LogP contribution in [0.5, 0.6) is 0 Å². The highest BCUT2D eigenvalue weighted by atomic mass is 32.3. The summed E-state index contributed by atoms with van der Waals surface area (Å²) in [6.45, 7) is 0. The first-order valence-corrected chi connectivity index (χ1v) is 6.56. The Labute approximate surface area is 105 Å². The smallest absolute Gasteiger partial charge is 0.189 e. The van der Waals surface area contributed by atoms with Gasteiger partial charge in [0.15, 0.2) is 0 Å². The lowest BCUT2D eigenvalue weighted by Gasteiger charge is -1.94. The highest BCUT2D eigenvalue weighted by Gasteiger charge is 2.10. The highest BCUT2D eigenvalue weighted by molar-refractivity contribution is 7.86. The second-order valence-corrected chi connectivity index (χ2v) is 4.93. The monoisotopic (exact) mass is 260 g/mol. The highest BCUT2D eigenvalue weighted by Crippen LogP contribution is 2.12. The molecule has 2 nitrogen and oxygen atoms in total. The predicted molar refractivity (Wildman–Crippen MR) is 67.2 cm³/mol. The molecular weight excluding hydrogens is 251 g/mol. The SMILES string of the molecule is O=S(=O)(F)c1ccc(C#Cc2ccccc2)cc1. The van der Waals surface area contributed by atoms with E-state index in [1.807, 2.05) is 30.3 Å². The largest absolute Gasteiger partial charge is 0.332 e. The molecular formula is C14H9FO2S. The summed E-state index contributed by atoms with van der Waals surface area (Å²) in [5, 5.41) is 0. The van der Waals surface area contributed by atoms with Crippen molar-refractivity contribution in [2.24, 2.45) is 0 Å². The van der Waals surface area contributed by atoms with Gasteiger partial charge in [0.05, 0.1) is 4.90 Å². The number of benzene rings is 2. The van der Waals surface area contributed by atoms with E-state index in [9.17, 15) is 12.3 Å². The molecule has 0 aliphatic rings. The van der Waals surface area contributed by atoms with Gasteiger partial charge in [0.1, 0.15) is 0 Å². The van der Waals surface area contributed by atoms with E-state index in [4.69, 9.17) is 0 Å². The Kier molecular flexibility index (Phi) is 3.45. The molecule has 0 atom stereocenters. The molecule has 0 saturated carbocycles. The van der Waals surface area contributed by atoms with Crippen molar-refractivity contribution in [3.63, 3.8) is 0 Å². The van der Waals surface area contributed by atoms with Crippen molar-refractivity contribution in [1.29, 1.82) is 0 Å². The average molecular weight is 260 g/mol. The first kappa shape index (κ1) is 12.3. The van der Waals surface area contributed by atoms with E-state index in [2.05, 4.69) is 11.8 Å². The van der Waals surface area contributed by atoms with Crippen LogP contribution in [-0.2, 0) is 10.2 Å². The summed E-state index contributed by atoms with van der Waals surface area (Å²) < 4.78 is 33.9. The molecule has 0 heterocycles. The Balaban J connectivity index is 2.25. The van der Waals surface area contributed by atoms with Gasteiger partial charge in [-0.25, -0.2) is 0 Å². The van der Waals surface area contributed by atoms with Gasteiger partial charge in [0.2, 0.25) is 0 Å². The standard InChI is InChI=1S/C14H9FO2S/c15-18(16,17)14-10-8-13(9-11-14)7-6-12-4-2-1-3-5-12/h1-5,8-11H. The summed E-state index contributed by atoms with van der Waals surface area (Å²) in [7, 11) is -4.63. The van der Waals surface area contributed by atoms with Crippen LogP contribution in [0.4, 0.5) is 3.89 Å². The molecule has 0 amide bonds. The van der Waals surface area contributed by atoms with Crippen molar-refractivity contribution in [1.82, 2.24) is 0 Å². The number of hydrogen-bond donors (Lipinski definition) is 0. The van der Waals surface area contributed by atoms with Gasteiger partial charge < -0.3 is 0 Å². The maximum absolute atomic E-state index is 12.6. The second-order valence-electron chi connectivity index (χ2n) is 3.58. The van der Waals surface area contributed by atoms with Crippen molar-refractivity contribution < 1.29 is 12.3 Å². The van der Waals surface area contributed by atoms with Crippen molar-refractivity contribution in [3.05, 3.63) is 65.7 Å². The van der Waals surface area contributed by atoms with E-state index in [-0.39, 0.29) is 4.90 Å². The van der Waals surface area contributed by atoms with Gasteiger partial charge in [0.25, 0.3) is 0 Å². The van der Waals surface area contributed by atoms with E-state index in [1.165, 1.54) is 24.3 Å². The number of hydrogen-bond acceptors (Lipinski definition) is 2. The molecule has 90 valence electrons. The maximum atomic E-state index is 12.6. The van der Waals surface area contributed by atoms with Crippen LogP contribution in [0.1, 0.15) is 11.1 Å². The summed E-state index contributed by atoms with van der Waals surface area (Å²) in [5.41, 5.74) is 1.49. The quantitative estimate of drug-likeness (QED) is 0.583. The molecule has 0 radical (unpaired) electrons. The van der Waals surface area contributed by atoms with Crippen molar-refractivity contribution >= 4 is 10.2 Å². The summed E-state index contributed by atoms with van der Waals surface area (Å²) in [5.74, 6) is 5.80. The first-order valence-electron chi connectivity index (χ1n) is 5.17. The maximum Gasteiger partial charge on any atom is 0.332 e. The minimum Gasteiger partial charge on any atom is -0.189 e. The third-order valence-electron chi connectivity index (χ3n) is 2.26. The molecule has 2 aromatic carbocycles. The van der Waals surface area contributed by atoms with Gasteiger partial charge in [-0.3, -0.25) is 0 Å². The lowest BCUT2D eigenvalue weighted by Crippen LogP contribution is -1.91.